The van der Waals surface area contributed by atoms with Crippen LogP contribution in [0.4, 0.5) is 0 Å². The summed E-state index contributed by atoms with van der Waals surface area (Å²) in [5.74, 6) is 0. The molecule has 2 fully saturated rings. The van der Waals surface area contributed by atoms with E-state index in [1.807, 2.05) is 11.3 Å². The quantitative estimate of drug-likeness (QED) is 0.887. The average molecular weight is 250 g/mol. The minimum Gasteiger partial charge on any atom is -0.311 e. The first-order chi connectivity index (χ1) is 8.43. The molecule has 1 aromatic rings. The van der Waals surface area contributed by atoms with Crippen LogP contribution in [0.15, 0.2) is 17.5 Å². The average Bonchev–Trinajstić information content (AvgIpc) is 2.89. The molecular formula is C14H22N2S. The highest BCUT2D eigenvalue weighted by atomic mass is 32.1. The molecule has 0 bridgehead atoms. The Morgan fingerprint density at radius 1 is 1.35 bits per heavy atom. The summed E-state index contributed by atoms with van der Waals surface area (Å²) in [6.07, 6.45) is 6.88. The number of rotatable bonds is 3. The van der Waals surface area contributed by atoms with Crippen LogP contribution >= 0.6 is 11.3 Å². The molecule has 17 heavy (non-hydrogen) atoms. The molecule has 2 nitrogen and oxygen atoms in total. The molecule has 1 aliphatic carbocycles. The van der Waals surface area contributed by atoms with E-state index in [0.29, 0.717) is 0 Å². The summed E-state index contributed by atoms with van der Waals surface area (Å²) in [6.45, 7) is 3.68. The third kappa shape index (κ3) is 2.72. The Labute approximate surface area is 108 Å². The fourth-order valence-corrected chi connectivity index (χ4v) is 4.03. The van der Waals surface area contributed by atoms with Gasteiger partial charge in [0.05, 0.1) is 0 Å². The SMILES string of the molecule is c1csc(CCN2CCN[C@H]3CCCC[C@@H]32)c1. The van der Waals surface area contributed by atoms with Gasteiger partial charge in [-0.2, -0.15) is 0 Å². The summed E-state index contributed by atoms with van der Waals surface area (Å²) < 4.78 is 0. The molecule has 1 aromatic heterocycles. The minimum absolute atomic E-state index is 0.779. The number of fused-ring (bicyclic) bond motifs is 1. The highest BCUT2D eigenvalue weighted by Crippen LogP contribution is 2.25. The summed E-state index contributed by atoms with van der Waals surface area (Å²) in [7, 11) is 0. The van der Waals surface area contributed by atoms with Gasteiger partial charge in [-0.25, -0.2) is 0 Å². The zero-order chi connectivity index (χ0) is 11.5. The molecule has 2 aliphatic rings. The fraction of sp³-hybridized carbons (Fsp3) is 0.714. The first-order valence-electron chi connectivity index (χ1n) is 6.93. The van der Waals surface area contributed by atoms with Crippen LogP contribution in [0.2, 0.25) is 0 Å². The fourth-order valence-electron chi connectivity index (χ4n) is 3.33. The third-order valence-corrected chi connectivity index (χ3v) is 5.17. The normalized spacial score (nSPS) is 30.1. The molecule has 0 spiro atoms. The zero-order valence-corrected chi connectivity index (χ0v) is 11.2. The predicted octanol–water partition coefficient (Wildman–Crippen LogP) is 2.51. The largest absolute Gasteiger partial charge is 0.311 e. The Balaban J connectivity index is 1.57. The van der Waals surface area contributed by atoms with Crippen molar-refractivity contribution in [1.29, 1.82) is 0 Å². The number of nitrogens with one attached hydrogen (secondary N) is 1. The van der Waals surface area contributed by atoms with Gasteiger partial charge in [0.25, 0.3) is 0 Å². The number of hydrogen-bond donors (Lipinski definition) is 1. The van der Waals surface area contributed by atoms with Crippen molar-refractivity contribution in [3.63, 3.8) is 0 Å². The highest BCUT2D eigenvalue weighted by Gasteiger charge is 2.32. The van der Waals surface area contributed by atoms with E-state index in [1.165, 1.54) is 56.6 Å². The zero-order valence-electron chi connectivity index (χ0n) is 10.4. The Morgan fingerprint density at radius 3 is 3.18 bits per heavy atom. The Kier molecular flexibility index (Phi) is 3.79. The molecule has 3 rings (SSSR count). The molecule has 0 radical (unpaired) electrons. The Morgan fingerprint density at radius 2 is 2.29 bits per heavy atom. The summed E-state index contributed by atoms with van der Waals surface area (Å²) in [4.78, 5) is 4.27. The van der Waals surface area contributed by atoms with Crippen molar-refractivity contribution >= 4 is 11.3 Å². The molecular weight excluding hydrogens is 228 g/mol. The lowest BCUT2D eigenvalue weighted by molar-refractivity contribution is 0.0895. The van der Waals surface area contributed by atoms with E-state index in [0.717, 1.165) is 12.1 Å². The van der Waals surface area contributed by atoms with Crippen LogP contribution in [-0.2, 0) is 6.42 Å². The third-order valence-electron chi connectivity index (χ3n) is 4.23. The number of hydrogen-bond acceptors (Lipinski definition) is 3. The molecule has 0 amide bonds. The van der Waals surface area contributed by atoms with Crippen LogP contribution < -0.4 is 5.32 Å². The summed E-state index contributed by atoms with van der Waals surface area (Å²) >= 11 is 1.90. The second-order valence-corrected chi connectivity index (χ2v) is 6.31. The smallest absolute Gasteiger partial charge is 0.0250 e. The number of nitrogens with zero attached hydrogens (tertiary/aromatic N) is 1. The lowest BCUT2D eigenvalue weighted by atomic mass is 9.87. The van der Waals surface area contributed by atoms with Crippen molar-refractivity contribution in [2.24, 2.45) is 0 Å². The molecule has 3 heteroatoms. The Bertz CT molecular complexity index is 334. The van der Waals surface area contributed by atoms with Gasteiger partial charge >= 0.3 is 0 Å². The van der Waals surface area contributed by atoms with Crippen molar-refractivity contribution in [3.8, 4) is 0 Å². The summed E-state index contributed by atoms with van der Waals surface area (Å²) in [6, 6.07) is 6.03. The number of thiophene rings is 1. The molecule has 1 saturated heterocycles. The predicted molar refractivity (Wildman–Crippen MR) is 73.6 cm³/mol. The van der Waals surface area contributed by atoms with Gasteiger partial charge in [0.1, 0.15) is 0 Å². The van der Waals surface area contributed by atoms with E-state index in [2.05, 4.69) is 27.7 Å². The van der Waals surface area contributed by atoms with Crippen LogP contribution in [0, 0.1) is 0 Å². The lowest BCUT2D eigenvalue weighted by Crippen LogP contribution is -2.59. The molecule has 1 aliphatic heterocycles. The summed E-state index contributed by atoms with van der Waals surface area (Å²) in [5.41, 5.74) is 0. The van der Waals surface area contributed by atoms with Crippen molar-refractivity contribution in [2.75, 3.05) is 19.6 Å². The first kappa shape index (κ1) is 11.7. The molecule has 2 atom stereocenters. The van der Waals surface area contributed by atoms with E-state index < -0.39 is 0 Å². The highest BCUT2D eigenvalue weighted by molar-refractivity contribution is 7.09. The van der Waals surface area contributed by atoms with Gasteiger partial charge in [-0.3, -0.25) is 4.90 Å². The number of piperazine rings is 1. The standard InChI is InChI=1S/C14H22N2S/c1-2-6-14-13(5-1)15-8-10-16(14)9-7-12-4-3-11-17-12/h3-4,11,13-15H,1-2,5-10H2/t13-,14-/m0/s1. The van der Waals surface area contributed by atoms with E-state index in [9.17, 15) is 0 Å². The maximum Gasteiger partial charge on any atom is 0.0250 e. The molecule has 2 heterocycles. The Hall–Kier alpha value is -0.380. The lowest BCUT2D eigenvalue weighted by Gasteiger charge is -2.44. The van der Waals surface area contributed by atoms with Gasteiger partial charge in [-0.1, -0.05) is 18.9 Å². The minimum atomic E-state index is 0.779. The van der Waals surface area contributed by atoms with Crippen LogP contribution in [0.25, 0.3) is 0 Å². The molecule has 94 valence electrons. The van der Waals surface area contributed by atoms with Gasteiger partial charge in [-0.05, 0) is 30.7 Å². The van der Waals surface area contributed by atoms with E-state index in [1.54, 1.807) is 0 Å². The van der Waals surface area contributed by atoms with Crippen molar-refractivity contribution in [2.45, 2.75) is 44.2 Å². The van der Waals surface area contributed by atoms with E-state index in [-0.39, 0.29) is 0 Å². The molecule has 0 aromatic carbocycles. The van der Waals surface area contributed by atoms with Gasteiger partial charge in [0, 0.05) is 36.6 Å². The van der Waals surface area contributed by atoms with Gasteiger partial charge in [0.15, 0.2) is 0 Å². The molecule has 1 N–H and O–H groups in total. The maximum absolute atomic E-state index is 3.71. The van der Waals surface area contributed by atoms with Crippen LogP contribution in [0.1, 0.15) is 30.6 Å². The van der Waals surface area contributed by atoms with E-state index in [4.69, 9.17) is 0 Å². The van der Waals surface area contributed by atoms with Crippen molar-refractivity contribution in [1.82, 2.24) is 10.2 Å². The second-order valence-electron chi connectivity index (χ2n) is 5.28. The van der Waals surface area contributed by atoms with Crippen molar-refractivity contribution in [3.05, 3.63) is 22.4 Å². The van der Waals surface area contributed by atoms with Gasteiger partial charge in [-0.15, -0.1) is 11.3 Å². The van der Waals surface area contributed by atoms with Crippen molar-refractivity contribution < 1.29 is 0 Å². The monoisotopic (exact) mass is 250 g/mol. The summed E-state index contributed by atoms with van der Waals surface area (Å²) in [5, 5.41) is 5.90. The van der Waals surface area contributed by atoms with Crippen LogP contribution in [0.5, 0.6) is 0 Å². The second kappa shape index (κ2) is 5.51. The first-order valence-corrected chi connectivity index (χ1v) is 7.81. The molecule has 1 saturated carbocycles. The van der Waals surface area contributed by atoms with Gasteiger partial charge in [0.2, 0.25) is 0 Å². The van der Waals surface area contributed by atoms with Crippen LogP contribution in [0.3, 0.4) is 0 Å². The van der Waals surface area contributed by atoms with Crippen LogP contribution in [-0.4, -0.2) is 36.6 Å². The molecule has 0 unspecified atom stereocenters. The van der Waals surface area contributed by atoms with E-state index >= 15 is 0 Å². The van der Waals surface area contributed by atoms with Gasteiger partial charge < -0.3 is 5.32 Å². The maximum atomic E-state index is 3.71. The topological polar surface area (TPSA) is 15.3 Å².